The third-order valence-corrected chi connectivity index (χ3v) is 3.38. The van der Waals surface area contributed by atoms with Gasteiger partial charge in [0, 0.05) is 12.6 Å². The first-order chi connectivity index (χ1) is 7.20. The van der Waals surface area contributed by atoms with Crippen LogP contribution >= 0.6 is 11.3 Å². The van der Waals surface area contributed by atoms with Gasteiger partial charge in [0.15, 0.2) is 0 Å². The fourth-order valence-corrected chi connectivity index (χ4v) is 2.01. The van der Waals surface area contributed by atoms with Crippen molar-refractivity contribution in [1.29, 1.82) is 0 Å². The summed E-state index contributed by atoms with van der Waals surface area (Å²) in [6.45, 7) is 4.22. The minimum atomic E-state index is 0.850. The maximum absolute atomic E-state index is 4.13. The maximum Gasteiger partial charge on any atom is 0.205 e. The lowest BCUT2D eigenvalue weighted by Gasteiger charge is -2.01. The summed E-state index contributed by atoms with van der Waals surface area (Å²) >= 11 is 1.57. The highest BCUT2D eigenvalue weighted by molar-refractivity contribution is 7.18. The lowest BCUT2D eigenvalue weighted by atomic mass is 10.1. The van der Waals surface area contributed by atoms with E-state index in [1.54, 1.807) is 11.3 Å². The summed E-state index contributed by atoms with van der Waals surface area (Å²) in [4.78, 5) is 0. The van der Waals surface area contributed by atoms with E-state index in [4.69, 9.17) is 0 Å². The first kappa shape index (κ1) is 10.1. The molecule has 0 unspecified atom stereocenters. The average molecular weight is 219 g/mol. The number of benzene rings is 1. The van der Waals surface area contributed by atoms with E-state index in [0.717, 1.165) is 15.7 Å². The SMILES string of the molecule is CNc1nnc(-c2ccc(C)c(C)c2)s1. The summed E-state index contributed by atoms with van der Waals surface area (Å²) in [7, 11) is 1.85. The molecule has 15 heavy (non-hydrogen) atoms. The van der Waals surface area contributed by atoms with Crippen molar-refractivity contribution in [3.63, 3.8) is 0 Å². The highest BCUT2D eigenvalue weighted by Gasteiger charge is 2.05. The van der Waals surface area contributed by atoms with Crippen LogP contribution < -0.4 is 5.32 Å². The van der Waals surface area contributed by atoms with E-state index in [9.17, 15) is 0 Å². The van der Waals surface area contributed by atoms with Crippen LogP contribution in [0.15, 0.2) is 18.2 Å². The molecule has 1 heterocycles. The number of aromatic nitrogens is 2. The van der Waals surface area contributed by atoms with Crippen LogP contribution in [0.4, 0.5) is 5.13 Å². The number of nitrogens with zero attached hydrogens (tertiary/aromatic N) is 2. The van der Waals surface area contributed by atoms with Crippen LogP contribution in [0.1, 0.15) is 11.1 Å². The van der Waals surface area contributed by atoms with Gasteiger partial charge < -0.3 is 5.32 Å². The minimum absolute atomic E-state index is 0.850. The van der Waals surface area contributed by atoms with Gasteiger partial charge in [-0.15, -0.1) is 10.2 Å². The fourth-order valence-electron chi connectivity index (χ4n) is 1.32. The van der Waals surface area contributed by atoms with Gasteiger partial charge in [-0.2, -0.15) is 0 Å². The van der Waals surface area contributed by atoms with Crippen molar-refractivity contribution in [3.8, 4) is 10.6 Å². The van der Waals surface area contributed by atoms with Crippen molar-refractivity contribution >= 4 is 16.5 Å². The molecule has 0 aliphatic carbocycles. The molecular weight excluding hydrogens is 206 g/mol. The van der Waals surface area contributed by atoms with Crippen LogP contribution in [0.5, 0.6) is 0 Å². The number of hydrogen-bond donors (Lipinski definition) is 1. The topological polar surface area (TPSA) is 37.8 Å². The van der Waals surface area contributed by atoms with Gasteiger partial charge in [0.2, 0.25) is 5.13 Å². The first-order valence-corrected chi connectivity index (χ1v) is 5.61. The van der Waals surface area contributed by atoms with Crippen molar-refractivity contribution < 1.29 is 0 Å². The van der Waals surface area contributed by atoms with Gasteiger partial charge in [0.25, 0.3) is 0 Å². The van der Waals surface area contributed by atoms with Crippen LogP contribution in [0.3, 0.4) is 0 Å². The number of rotatable bonds is 2. The second-order valence-electron chi connectivity index (χ2n) is 3.46. The zero-order valence-electron chi connectivity index (χ0n) is 9.03. The van der Waals surface area contributed by atoms with E-state index in [2.05, 4.69) is 47.6 Å². The second-order valence-corrected chi connectivity index (χ2v) is 4.44. The molecule has 0 amide bonds. The summed E-state index contributed by atoms with van der Waals surface area (Å²) in [6.07, 6.45) is 0. The average Bonchev–Trinajstić information content (AvgIpc) is 2.70. The Labute approximate surface area is 93.2 Å². The summed E-state index contributed by atoms with van der Waals surface area (Å²) in [6, 6.07) is 6.35. The van der Waals surface area contributed by atoms with E-state index in [0.29, 0.717) is 0 Å². The highest BCUT2D eigenvalue weighted by Crippen LogP contribution is 2.27. The van der Waals surface area contributed by atoms with Crippen molar-refractivity contribution in [2.24, 2.45) is 0 Å². The van der Waals surface area contributed by atoms with Gasteiger partial charge in [0.1, 0.15) is 5.01 Å². The molecule has 0 atom stereocenters. The molecule has 0 spiro atoms. The molecular formula is C11H13N3S. The predicted octanol–water partition coefficient (Wildman–Crippen LogP) is 2.86. The molecule has 2 rings (SSSR count). The quantitative estimate of drug-likeness (QED) is 0.844. The molecule has 0 bridgehead atoms. The lowest BCUT2D eigenvalue weighted by Crippen LogP contribution is -1.84. The predicted molar refractivity (Wildman–Crippen MR) is 64.4 cm³/mol. The molecule has 4 heteroatoms. The molecule has 0 fully saturated rings. The van der Waals surface area contributed by atoms with Crippen molar-refractivity contribution in [2.75, 3.05) is 12.4 Å². The maximum atomic E-state index is 4.13. The summed E-state index contributed by atoms with van der Waals surface area (Å²) < 4.78 is 0. The Morgan fingerprint density at radius 1 is 1.13 bits per heavy atom. The molecule has 0 aliphatic rings. The van der Waals surface area contributed by atoms with E-state index in [-0.39, 0.29) is 0 Å². The first-order valence-electron chi connectivity index (χ1n) is 4.79. The zero-order valence-corrected chi connectivity index (χ0v) is 9.85. The van der Waals surface area contributed by atoms with Crippen LogP contribution in [-0.4, -0.2) is 17.2 Å². The molecule has 0 aliphatic heterocycles. The van der Waals surface area contributed by atoms with Crippen molar-refractivity contribution in [3.05, 3.63) is 29.3 Å². The van der Waals surface area contributed by atoms with Gasteiger partial charge in [-0.1, -0.05) is 23.5 Å². The van der Waals surface area contributed by atoms with Crippen LogP contribution in [0.25, 0.3) is 10.6 Å². The summed E-state index contributed by atoms with van der Waals surface area (Å²) in [5.74, 6) is 0. The Balaban J connectivity index is 2.40. The van der Waals surface area contributed by atoms with Gasteiger partial charge in [0.05, 0.1) is 0 Å². The minimum Gasteiger partial charge on any atom is -0.363 e. The molecule has 3 nitrogen and oxygen atoms in total. The normalized spacial score (nSPS) is 10.3. The molecule has 1 aromatic carbocycles. The number of nitrogens with one attached hydrogen (secondary N) is 1. The standard InChI is InChI=1S/C11H13N3S/c1-7-4-5-9(6-8(7)2)10-13-14-11(12-3)15-10/h4-6H,1-3H3,(H,12,14). The van der Waals surface area contributed by atoms with Gasteiger partial charge in [-0.25, -0.2) is 0 Å². The Morgan fingerprint density at radius 2 is 1.93 bits per heavy atom. The molecule has 1 aromatic heterocycles. The summed E-state index contributed by atoms with van der Waals surface area (Å²) in [5, 5.41) is 13.0. The number of aryl methyl sites for hydroxylation is 2. The smallest absolute Gasteiger partial charge is 0.205 e. The molecule has 78 valence electrons. The van der Waals surface area contributed by atoms with E-state index in [1.165, 1.54) is 11.1 Å². The monoisotopic (exact) mass is 219 g/mol. The second kappa shape index (κ2) is 3.98. The largest absolute Gasteiger partial charge is 0.363 e. The Morgan fingerprint density at radius 3 is 2.53 bits per heavy atom. The highest BCUT2D eigenvalue weighted by atomic mass is 32.1. The van der Waals surface area contributed by atoms with E-state index in [1.807, 2.05) is 7.05 Å². The third kappa shape index (κ3) is 1.99. The van der Waals surface area contributed by atoms with Crippen LogP contribution in [-0.2, 0) is 0 Å². The molecule has 2 aromatic rings. The van der Waals surface area contributed by atoms with E-state index >= 15 is 0 Å². The van der Waals surface area contributed by atoms with Gasteiger partial charge in [-0.3, -0.25) is 0 Å². The molecule has 0 saturated carbocycles. The lowest BCUT2D eigenvalue weighted by molar-refractivity contribution is 1.09. The van der Waals surface area contributed by atoms with Crippen molar-refractivity contribution in [1.82, 2.24) is 10.2 Å². The zero-order chi connectivity index (χ0) is 10.8. The Bertz CT molecular complexity index is 476. The number of hydrogen-bond acceptors (Lipinski definition) is 4. The third-order valence-electron chi connectivity index (χ3n) is 2.39. The van der Waals surface area contributed by atoms with Crippen LogP contribution in [0, 0.1) is 13.8 Å². The Kier molecular flexibility index (Phi) is 2.68. The fraction of sp³-hybridized carbons (Fsp3) is 0.273. The number of anilines is 1. The Hall–Kier alpha value is -1.42. The molecule has 1 N–H and O–H groups in total. The van der Waals surface area contributed by atoms with E-state index < -0.39 is 0 Å². The van der Waals surface area contributed by atoms with Gasteiger partial charge >= 0.3 is 0 Å². The molecule has 0 saturated heterocycles. The van der Waals surface area contributed by atoms with Gasteiger partial charge in [-0.05, 0) is 31.0 Å². The summed E-state index contributed by atoms with van der Waals surface area (Å²) in [5.41, 5.74) is 3.72. The van der Waals surface area contributed by atoms with Crippen molar-refractivity contribution in [2.45, 2.75) is 13.8 Å². The van der Waals surface area contributed by atoms with Crippen LogP contribution in [0.2, 0.25) is 0 Å². The molecule has 0 radical (unpaired) electrons.